The Bertz CT molecular complexity index is 904. The van der Waals surface area contributed by atoms with Crippen LogP contribution in [-0.2, 0) is 0 Å². The molecule has 6 nitrogen and oxygen atoms in total. The number of hydrogen-bond donors (Lipinski definition) is 4. The third-order valence-electron chi connectivity index (χ3n) is 4.22. The molecule has 8 heteroatoms. The zero-order chi connectivity index (χ0) is 20.5. The van der Waals surface area contributed by atoms with Crippen molar-refractivity contribution in [2.45, 2.75) is 19.4 Å². The molecule has 0 fully saturated rings. The Labute approximate surface area is 178 Å². The summed E-state index contributed by atoms with van der Waals surface area (Å²) in [5.41, 5.74) is 0. The number of carbonyl (C=O) groups is 1. The third-order valence-corrected chi connectivity index (χ3v) is 6.30. The lowest BCUT2D eigenvalue weighted by molar-refractivity contribution is 0.0957. The molecule has 1 atom stereocenters. The highest BCUT2D eigenvalue weighted by molar-refractivity contribution is 7.19. The highest BCUT2D eigenvalue weighted by Gasteiger charge is 2.11. The van der Waals surface area contributed by atoms with Crippen LogP contribution in [0.4, 0.5) is 0 Å². The standard InChI is InChI=1S/C21H26N4O2S2/c1-2-22-21(24-11-6-10-23-20(27)18-9-5-12-28-18)25-14-16(26)19-13-15-7-3-4-8-17(15)29-19/h3-5,7-9,12-13,16,26H,2,6,10-11,14H2,1H3,(H,23,27)(H2,22,24,25). The molecule has 154 valence electrons. The Morgan fingerprint density at radius 3 is 2.72 bits per heavy atom. The van der Waals surface area contributed by atoms with E-state index in [2.05, 4.69) is 27.0 Å². The van der Waals surface area contributed by atoms with Gasteiger partial charge >= 0.3 is 0 Å². The van der Waals surface area contributed by atoms with Crippen LogP contribution in [0, 0.1) is 0 Å². The maximum absolute atomic E-state index is 11.9. The number of thiophene rings is 2. The number of fused-ring (bicyclic) bond motifs is 1. The van der Waals surface area contributed by atoms with Gasteiger partial charge in [-0.1, -0.05) is 24.3 Å². The van der Waals surface area contributed by atoms with Crippen molar-refractivity contribution >= 4 is 44.6 Å². The summed E-state index contributed by atoms with van der Waals surface area (Å²) in [5, 5.41) is 22.9. The summed E-state index contributed by atoms with van der Waals surface area (Å²) in [6.07, 6.45) is 0.147. The predicted octanol–water partition coefficient (Wildman–Crippen LogP) is 3.37. The normalized spacial score (nSPS) is 12.7. The molecule has 3 aromatic rings. The highest BCUT2D eigenvalue weighted by atomic mass is 32.1. The van der Waals surface area contributed by atoms with Gasteiger partial charge in [0.25, 0.3) is 5.91 Å². The van der Waals surface area contributed by atoms with E-state index in [0.717, 1.165) is 28.1 Å². The first-order valence-electron chi connectivity index (χ1n) is 9.67. The molecule has 0 spiro atoms. The van der Waals surface area contributed by atoms with Gasteiger partial charge in [-0.25, -0.2) is 0 Å². The lowest BCUT2D eigenvalue weighted by Gasteiger charge is -2.12. The minimum Gasteiger partial charge on any atom is -0.386 e. The Kier molecular flexibility index (Phi) is 8.03. The van der Waals surface area contributed by atoms with Crippen molar-refractivity contribution in [1.29, 1.82) is 0 Å². The molecule has 0 aliphatic heterocycles. The molecule has 0 aliphatic rings. The van der Waals surface area contributed by atoms with Gasteiger partial charge in [-0.2, -0.15) is 0 Å². The number of aliphatic imine (C=N–C) groups is 1. The number of hydrogen-bond acceptors (Lipinski definition) is 5. The molecule has 29 heavy (non-hydrogen) atoms. The van der Waals surface area contributed by atoms with E-state index < -0.39 is 6.10 Å². The summed E-state index contributed by atoms with van der Waals surface area (Å²) in [6, 6.07) is 13.8. The number of nitrogens with zero attached hydrogens (tertiary/aromatic N) is 1. The number of amides is 1. The van der Waals surface area contributed by atoms with Crippen molar-refractivity contribution in [2.75, 3.05) is 26.2 Å². The van der Waals surface area contributed by atoms with Crippen molar-refractivity contribution in [3.05, 3.63) is 57.6 Å². The molecule has 0 radical (unpaired) electrons. The average Bonchev–Trinajstić information content (AvgIpc) is 3.41. The molecule has 1 unspecified atom stereocenters. The molecule has 4 N–H and O–H groups in total. The second kappa shape index (κ2) is 10.9. The predicted molar refractivity (Wildman–Crippen MR) is 122 cm³/mol. The van der Waals surface area contributed by atoms with Crippen LogP contribution in [0.2, 0.25) is 0 Å². The van der Waals surface area contributed by atoms with Gasteiger partial charge in [-0.3, -0.25) is 9.79 Å². The molecule has 0 bridgehead atoms. The quantitative estimate of drug-likeness (QED) is 0.238. The van der Waals surface area contributed by atoms with E-state index in [1.807, 2.05) is 48.7 Å². The maximum atomic E-state index is 11.9. The van der Waals surface area contributed by atoms with Gasteiger partial charge < -0.3 is 21.1 Å². The van der Waals surface area contributed by atoms with E-state index in [4.69, 9.17) is 0 Å². The second-order valence-electron chi connectivity index (χ2n) is 6.44. The number of rotatable bonds is 9. The van der Waals surface area contributed by atoms with Gasteiger partial charge in [0.05, 0.1) is 11.4 Å². The topological polar surface area (TPSA) is 85.8 Å². The van der Waals surface area contributed by atoms with Gasteiger partial charge in [-0.15, -0.1) is 22.7 Å². The molecule has 0 saturated heterocycles. The van der Waals surface area contributed by atoms with Crippen LogP contribution in [-0.4, -0.2) is 43.2 Å². The maximum Gasteiger partial charge on any atom is 0.261 e. The van der Waals surface area contributed by atoms with Crippen molar-refractivity contribution in [3.8, 4) is 0 Å². The number of aliphatic hydroxyl groups excluding tert-OH is 1. The van der Waals surface area contributed by atoms with E-state index in [1.165, 1.54) is 16.0 Å². The monoisotopic (exact) mass is 430 g/mol. The number of aliphatic hydroxyl groups is 1. The molecule has 2 heterocycles. The van der Waals surface area contributed by atoms with Crippen LogP contribution >= 0.6 is 22.7 Å². The Morgan fingerprint density at radius 2 is 1.97 bits per heavy atom. The van der Waals surface area contributed by atoms with Crippen LogP contribution in [0.3, 0.4) is 0 Å². The van der Waals surface area contributed by atoms with Crippen LogP contribution < -0.4 is 16.0 Å². The summed E-state index contributed by atoms with van der Waals surface area (Å²) in [7, 11) is 0. The second-order valence-corrected chi connectivity index (χ2v) is 8.50. The Hall–Kier alpha value is -2.42. The van der Waals surface area contributed by atoms with E-state index in [1.54, 1.807) is 11.3 Å². The van der Waals surface area contributed by atoms with Crippen LogP contribution in [0.5, 0.6) is 0 Å². The van der Waals surface area contributed by atoms with Crippen LogP contribution in [0.25, 0.3) is 10.1 Å². The first-order chi connectivity index (χ1) is 14.2. The zero-order valence-corrected chi connectivity index (χ0v) is 18.0. The first-order valence-corrected chi connectivity index (χ1v) is 11.4. The SMILES string of the molecule is CCNC(=NCC(O)c1cc2ccccc2s1)NCCCNC(=O)c1cccs1. The van der Waals surface area contributed by atoms with Crippen LogP contribution in [0.15, 0.2) is 52.8 Å². The van der Waals surface area contributed by atoms with Gasteiger partial charge in [0.1, 0.15) is 6.10 Å². The lowest BCUT2D eigenvalue weighted by atomic mass is 10.2. The molecule has 3 rings (SSSR count). The van der Waals surface area contributed by atoms with Gasteiger partial charge in [0, 0.05) is 29.2 Å². The summed E-state index contributed by atoms with van der Waals surface area (Å²) >= 11 is 3.03. The number of benzene rings is 1. The number of carbonyl (C=O) groups excluding carboxylic acids is 1. The average molecular weight is 431 g/mol. The van der Waals surface area contributed by atoms with E-state index >= 15 is 0 Å². The van der Waals surface area contributed by atoms with Crippen molar-refractivity contribution < 1.29 is 9.90 Å². The Morgan fingerprint density at radius 1 is 1.14 bits per heavy atom. The van der Waals surface area contributed by atoms with E-state index in [-0.39, 0.29) is 12.5 Å². The van der Waals surface area contributed by atoms with Crippen molar-refractivity contribution in [1.82, 2.24) is 16.0 Å². The Balaban J connectivity index is 1.44. The molecular weight excluding hydrogens is 404 g/mol. The van der Waals surface area contributed by atoms with E-state index in [0.29, 0.717) is 19.0 Å². The summed E-state index contributed by atoms with van der Waals surface area (Å²) in [4.78, 5) is 18.0. The fourth-order valence-corrected chi connectivity index (χ4v) is 4.45. The fourth-order valence-electron chi connectivity index (χ4n) is 2.77. The molecule has 1 aromatic carbocycles. The smallest absolute Gasteiger partial charge is 0.261 e. The molecule has 0 saturated carbocycles. The number of guanidine groups is 1. The van der Waals surface area contributed by atoms with Crippen molar-refractivity contribution in [2.24, 2.45) is 4.99 Å². The third kappa shape index (κ3) is 6.28. The molecule has 0 aliphatic carbocycles. The zero-order valence-electron chi connectivity index (χ0n) is 16.4. The van der Waals surface area contributed by atoms with Gasteiger partial charge in [0.2, 0.25) is 0 Å². The summed E-state index contributed by atoms with van der Waals surface area (Å²) in [6.45, 7) is 4.29. The molecular formula is C21H26N4O2S2. The number of nitrogens with one attached hydrogen (secondary N) is 3. The largest absolute Gasteiger partial charge is 0.386 e. The fraction of sp³-hybridized carbons (Fsp3) is 0.333. The molecule has 2 aromatic heterocycles. The highest BCUT2D eigenvalue weighted by Crippen LogP contribution is 2.29. The van der Waals surface area contributed by atoms with Crippen molar-refractivity contribution in [3.63, 3.8) is 0 Å². The summed E-state index contributed by atoms with van der Waals surface area (Å²) < 4.78 is 1.17. The first kappa shape index (κ1) is 21.3. The van der Waals surface area contributed by atoms with Gasteiger partial charge in [-0.05, 0) is 42.3 Å². The minimum atomic E-state index is -0.632. The van der Waals surface area contributed by atoms with Crippen LogP contribution in [0.1, 0.15) is 34.0 Å². The molecule has 1 amide bonds. The lowest BCUT2D eigenvalue weighted by Crippen LogP contribution is -2.39. The van der Waals surface area contributed by atoms with Gasteiger partial charge in [0.15, 0.2) is 5.96 Å². The minimum absolute atomic E-state index is 0.0352. The summed E-state index contributed by atoms with van der Waals surface area (Å²) in [5.74, 6) is 0.629. The van der Waals surface area contributed by atoms with E-state index in [9.17, 15) is 9.90 Å².